The molecule has 2 aliphatic rings. The summed E-state index contributed by atoms with van der Waals surface area (Å²) in [5.74, 6) is -0.158. The molecule has 1 fully saturated rings. The second kappa shape index (κ2) is 9.15. The fraction of sp³-hybridized carbons (Fsp3) is 0.417. The van der Waals surface area contributed by atoms with Gasteiger partial charge in [0, 0.05) is 24.7 Å². The molecule has 0 aliphatic carbocycles. The Kier molecular flexibility index (Phi) is 6.45. The van der Waals surface area contributed by atoms with E-state index in [-0.39, 0.29) is 35.7 Å². The number of rotatable bonds is 5. The molecule has 2 aromatic carbocycles. The number of carbonyl (C=O) groups is 2. The van der Waals surface area contributed by atoms with Crippen LogP contribution in [-0.2, 0) is 19.6 Å². The highest BCUT2D eigenvalue weighted by molar-refractivity contribution is 7.89. The van der Waals surface area contributed by atoms with Crippen molar-refractivity contribution in [1.82, 2.24) is 4.31 Å². The first kappa shape index (κ1) is 23.3. The van der Waals surface area contributed by atoms with Crippen molar-refractivity contribution in [2.75, 3.05) is 23.7 Å². The van der Waals surface area contributed by atoms with E-state index in [4.69, 9.17) is 4.74 Å². The average molecular weight is 472 g/mol. The minimum atomic E-state index is -3.76. The summed E-state index contributed by atoms with van der Waals surface area (Å²) in [6, 6.07) is 10.4. The Bertz CT molecular complexity index is 1190. The molecule has 1 saturated heterocycles. The van der Waals surface area contributed by atoms with Crippen molar-refractivity contribution < 1.29 is 22.7 Å². The molecule has 176 valence electrons. The van der Waals surface area contributed by atoms with Crippen molar-refractivity contribution >= 4 is 33.2 Å². The molecule has 0 saturated carbocycles. The fourth-order valence-corrected chi connectivity index (χ4v) is 5.75. The molecule has 33 heavy (non-hydrogen) atoms. The number of fused-ring (bicyclic) bond motifs is 1. The zero-order valence-electron chi connectivity index (χ0n) is 19.1. The number of piperidine rings is 1. The molecule has 2 N–H and O–H groups in total. The Labute approximate surface area is 194 Å². The number of benzene rings is 2. The van der Waals surface area contributed by atoms with Gasteiger partial charge in [0.25, 0.3) is 5.91 Å². The van der Waals surface area contributed by atoms with Gasteiger partial charge in [0.2, 0.25) is 15.9 Å². The lowest BCUT2D eigenvalue weighted by Crippen LogP contribution is -2.41. The third-order valence-electron chi connectivity index (χ3n) is 6.24. The highest BCUT2D eigenvalue weighted by atomic mass is 32.2. The predicted molar refractivity (Wildman–Crippen MR) is 126 cm³/mol. The number of anilines is 2. The van der Waals surface area contributed by atoms with Crippen molar-refractivity contribution in [3.05, 3.63) is 47.5 Å². The molecule has 9 heteroatoms. The first-order valence-corrected chi connectivity index (χ1v) is 12.6. The smallest absolute Gasteiger partial charge is 0.265 e. The van der Waals surface area contributed by atoms with E-state index in [1.165, 1.54) is 16.4 Å². The molecule has 2 aromatic rings. The van der Waals surface area contributed by atoms with E-state index >= 15 is 0 Å². The monoisotopic (exact) mass is 471 g/mol. The average Bonchev–Trinajstić information content (AvgIpc) is 2.80. The summed E-state index contributed by atoms with van der Waals surface area (Å²) in [7, 11) is -3.76. The van der Waals surface area contributed by atoms with Gasteiger partial charge in [-0.15, -0.1) is 0 Å². The first-order chi connectivity index (χ1) is 15.7. The van der Waals surface area contributed by atoms with Crippen LogP contribution in [0.4, 0.5) is 11.4 Å². The van der Waals surface area contributed by atoms with Crippen LogP contribution in [0.3, 0.4) is 0 Å². The number of ether oxygens (including phenoxy) is 1. The molecule has 2 amide bonds. The lowest BCUT2D eigenvalue weighted by atomic mass is 9.97. The summed E-state index contributed by atoms with van der Waals surface area (Å²) in [5.41, 5.74) is 3.26. The number of sulfonamides is 1. The molecule has 0 radical (unpaired) electrons. The Morgan fingerprint density at radius 2 is 1.88 bits per heavy atom. The van der Waals surface area contributed by atoms with Gasteiger partial charge in [0.15, 0.2) is 6.10 Å². The fourth-order valence-electron chi connectivity index (χ4n) is 4.25. The van der Waals surface area contributed by atoms with Gasteiger partial charge in [-0.1, -0.05) is 24.6 Å². The van der Waals surface area contributed by atoms with Gasteiger partial charge in [-0.2, -0.15) is 4.31 Å². The van der Waals surface area contributed by atoms with Gasteiger partial charge in [0.1, 0.15) is 5.75 Å². The molecular formula is C24H29N3O5S. The second-order valence-electron chi connectivity index (χ2n) is 8.65. The van der Waals surface area contributed by atoms with Crippen molar-refractivity contribution in [2.24, 2.45) is 5.92 Å². The quantitative estimate of drug-likeness (QED) is 0.695. The van der Waals surface area contributed by atoms with E-state index in [1.807, 2.05) is 39.0 Å². The van der Waals surface area contributed by atoms with Gasteiger partial charge < -0.3 is 15.4 Å². The van der Waals surface area contributed by atoms with Crippen LogP contribution in [0.15, 0.2) is 41.3 Å². The van der Waals surface area contributed by atoms with E-state index in [2.05, 4.69) is 10.6 Å². The van der Waals surface area contributed by atoms with E-state index in [0.29, 0.717) is 30.7 Å². The Hall–Kier alpha value is -2.91. The number of carbonyl (C=O) groups excluding carboxylic acids is 2. The SMILES string of the molecule is CC[C@@H]1Oc2ccc(S(=O)(=O)N3CCC(C(=O)Nc4ccc(C)cc4C)CC3)cc2NC1=O. The van der Waals surface area contributed by atoms with Crippen LogP contribution in [0.2, 0.25) is 0 Å². The van der Waals surface area contributed by atoms with E-state index in [0.717, 1.165) is 16.8 Å². The van der Waals surface area contributed by atoms with Gasteiger partial charge in [-0.3, -0.25) is 9.59 Å². The Balaban J connectivity index is 1.41. The van der Waals surface area contributed by atoms with Gasteiger partial charge in [-0.25, -0.2) is 8.42 Å². The van der Waals surface area contributed by atoms with E-state index < -0.39 is 16.1 Å². The molecular weight excluding hydrogens is 442 g/mol. The summed E-state index contributed by atoms with van der Waals surface area (Å²) < 4.78 is 33.4. The van der Waals surface area contributed by atoms with Crippen molar-refractivity contribution in [3.8, 4) is 5.75 Å². The minimum Gasteiger partial charge on any atom is -0.478 e. The van der Waals surface area contributed by atoms with Crippen LogP contribution in [0, 0.1) is 19.8 Å². The number of amides is 2. The van der Waals surface area contributed by atoms with Crippen LogP contribution in [0.1, 0.15) is 37.3 Å². The van der Waals surface area contributed by atoms with Gasteiger partial charge in [0.05, 0.1) is 10.6 Å². The van der Waals surface area contributed by atoms with Crippen molar-refractivity contribution in [2.45, 2.75) is 51.0 Å². The summed E-state index contributed by atoms with van der Waals surface area (Å²) in [4.78, 5) is 24.9. The topological polar surface area (TPSA) is 105 Å². The summed E-state index contributed by atoms with van der Waals surface area (Å²) in [6.07, 6.45) is 0.837. The maximum absolute atomic E-state index is 13.2. The summed E-state index contributed by atoms with van der Waals surface area (Å²) in [6.45, 7) is 6.31. The highest BCUT2D eigenvalue weighted by Gasteiger charge is 2.34. The number of hydrogen-bond acceptors (Lipinski definition) is 5. The van der Waals surface area contributed by atoms with Crippen LogP contribution >= 0.6 is 0 Å². The molecule has 2 aliphatic heterocycles. The third kappa shape index (κ3) is 4.74. The molecule has 2 heterocycles. The van der Waals surface area contributed by atoms with E-state index in [1.54, 1.807) is 6.07 Å². The van der Waals surface area contributed by atoms with Crippen LogP contribution in [0.25, 0.3) is 0 Å². The standard InChI is InChI=1S/C24H29N3O5S/c1-4-21-24(29)26-20-14-18(6-8-22(20)32-21)33(30,31)27-11-9-17(10-12-27)23(28)25-19-7-5-15(2)13-16(19)3/h5-8,13-14,17,21H,4,9-12H2,1-3H3,(H,25,28)(H,26,29)/t21-/m0/s1. The maximum atomic E-state index is 13.2. The first-order valence-electron chi connectivity index (χ1n) is 11.2. The summed E-state index contributed by atoms with van der Waals surface area (Å²) >= 11 is 0. The molecule has 0 unspecified atom stereocenters. The molecule has 0 spiro atoms. The second-order valence-corrected chi connectivity index (χ2v) is 10.6. The normalized spacial score (nSPS) is 19.4. The van der Waals surface area contributed by atoms with Crippen LogP contribution in [0.5, 0.6) is 5.75 Å². The zero-order valence-corrected chi connectivity index (χ0v) is 19.9. The van der Waals surface area contributed by atoms with Gasteiger partial charge in [-0.05, 0) is 62.9 Å². The lowest BCUT2D eigenvalue weighted by molar-refractivity contribution is -0.123. The van der Waals surface area contributed by atoms with Crippen molar-refractivity contribution in [3.63, 3.8) is 0 Å². The number of hydrogen-bond donors (Lipinski definition) is 2. The number of nitrogens with zero attached hydrogens (tertiary/aromatic N) is 1. The van der Waals surface area contributed by atoms with Crippen LogP contribution < -0.4 is 15.4 Å². The van der Waals surface area contributed by atoms with Crippen molar-refractivity contribution in [1.29, 1.82) is 0 Å². The van der Waals surface area contributed by atoms with E-state index in [9.17, 15) is 18.0 Å². The molecule has 8 nitrogen and oxygen atoms in total. The number of aryl methyl sites for hydroxylation is 2. The minimum absolute atomic E-state index is 0.0851. The predicted octanol–water partition coefficient (Wildman–Crippen LogP) is 3.45. The Morgan fingerprint density at radius 3 is 2.55 bits per heavy atom. The van der Waals surface area contributed by atoms with Crippen LogP contribution in [-0.4, -0.2) is 43.7 Å². The molecule has 0 aromatic heterocycles. The molecule has 0 bridgehead atoms. The molecule has 1 atom stereocenters. The maximum Gasteiger partial charge on any atom is 0.265 e. The lowest BCUT2D eigenvalue weighted by Gasteiger charge is -2.31. The molecule has 4 rings (SSSR count). The largest absolute Gasteiger partial charge is 0.478 e. The Morgan fingerprint density at radius 1 is 1.15 bits per heavy atom. The zero-order chi connectivity index (χ0) is 23.8. The highest BCUT2D eigenvalue weighted by Crippen LogP contribution is 2.34. The number of nitrogens with one attached hydrogen (secondary N) is 2. The van der Waals surface area contributed by atoms with Gasteiger partial charge >= 0.3 is 0 Å². The summed E-state index contributed by atoms with van der Waals surface area (Å²) in [5, 5.41) is 5.71. The third-order valence-corrected chi connectivity index (χ3v) is 8.14.